The molecule has 2 N–H and O–H groups in total. The zero-order valence-electron chi connectivity index (χ0n) is 20.4. The van der Waals surface area contributed by atoms with Crippen molar-refractivity contribution in [3.8, 4) is 5.69 Å². The molecule has 4 bridgehead atoms. The number of H-pyrrole nitrogens is 1. The van der Waals surface area contributed by atoms with E-state index in [1.54, 1.807) is 10.9 Å². The molecule has 0 radical (unpaired) electrons. The van der Waals surface area contributed by atoms with E-state index in [9.17, 15) is 9.59 Å². The van der Waals surface area contributed by atoms with E-state index in [-0.39, 0.29) is 17.0 Å². The predicted molar refractivity (Wildman–Crippen MR) is 138 cm³/mol. The van der Waals surface area contributed by atoms with Gasteiger partial charge in [-0.25, -0.2) is 4.68 Å². The Balaban J connectivity index is 1.16. The van der Waals surface area contributed by atoms with Crippen molar-refractivity contribution in [1.82, 2.24) is 15.1 Å². The first-order valence-electron chi connectivity index (χ1n) is 12.7. The summed E-state index contributed by atoms with van der Waals surface area (Å²) in [5, 5.41) is 6.57. The Morgan fingerprint density at radius 2 is 1.69 bits per heavy atom. The van der Waals surface area contributed by atoms with E-state index >= 15 is 0 Å². The van der Waals surface area contributed by atoms with Gasteiger partial charge < -0.3 is 5.32 Å². The monoisotopic (exact) mass is 468 g/mol. The molecule has 0 unspecified atom stereocenters. The average Bonchev–Trinajstić information content (AvgIpc) is 3.10. The standard InChI is InChI=1S/C29H32N4O2/c1-18-4-3-5-25(10-18)33-28(35)26(19(2)32-33)17-30-24-8-6-23(7-9-24)27(34)31-29-14-20-11-21(15-29)13-22(12-20)16-29/h3-10,17,20-22,32H,11-16H2,1-2H3,(H,31,34). The maximum atomic E-state index is 13.1. The molecule has 4 saturated carbocycles. The predicted octanol–water partition coefficient (Wildman–Crippen LogP) is 5.23. The number of hydrogen-bond acceptors (Lipinski definition) is 3. The highest BCUT2D eigenvalue weighted by atomic mass is 16.2. The van der Waals surface area contributed by atoms with Gasteiger partial charge in [-0.15, -0.1) is 0 Å². The first kappa shape index (κ1) is 22.1. The number of amides is 1. The molecule has 0 aliphatic heterocycles. The molecule has 1 amide bonds. The van der Waals surface area contributed by atoms with Crippen LogP contribution in [0.3, 0.4) is 0 Å². The third kappa shape index (κ3) is 4.15. The largest absolute Gasteiger partial charge is 0.347 e. The van der Waals surface area contributed by atoms with Crippen LogP contribution in [0.1, 0.15) is 65.7 Å². The van der Waals surface area contributed by atoms with Crippen molar-refractivity contribution in [2.45, 2.75) is 57.9 Å². The van der Waals surface area contributed by atoms with Crippen molar-refractivity contribution in [2.75, 3.05) is 0 Å². The molecule has 3 aromatic rings. The van der Waals surface area contributed by atoms with Gasteiger partial charge in [0.05, 0.1) is 16.9 Å². The summed E-state index contributed by atoms with van der Waals surface area (Å²) in [6.45, 7) is 3.87. The second-order valence-electron chi connectivity index (χ2n) is 11.1. The Kier molecular flexibility index (Phi) is 5.28. The highest BCUT2D eigenvalue weighted by molar-refractivity contribution is 5.95. The molecule has 7 rings (SSSR count). The summed E-state index contributed by atoms with van der Waals surface area (Å²) >= 11 is 0. The maximum Gasteiger partial charge on any atom is 0.280 e. The molecule has 6 nitrogen and oxygen atoms in total. The minimum absolute atomic E-state index is 0.00562. The number of aliphatic imine (C=N–C) groups is 1. The summed E-state index contributed by atoms with van der Waals surface area (Å²) in [4.78, 5) is 30.5. The van der Waals surface area contributed by atoms with E-state index in [1.165, 1.54) is 19.3 Å². The van der Waals surface area contributed by atoms with Crippen LogP contribution in [-0.2, 0) is 0 Å². The number of nitrogens with one attached hydrogen (secondary N) is 2. The quantitative estimate of drug-likeness (QED) is 0.503. The van der Waals surface area contributed by atoms with Crippen LogP contribution in [0.4, 0.5) is 5.69 Å². The van der Waals surface area contributed by atoms with Crippen LogP contribution >= 0.6 is 0 Å². The smallest absolute Gasteiger partial charge is 0.280 e. The SMILES string of the molecule is Cc1cccc(-n2[nH]c(C)c(C=Nc3ccc(C(=O)NC45CC6CC(CC(C6)C4)C5)cc3)c2=O)c1. The Bertz CT molecular complexity index is 1330. The zero-order chi connectivity index (χ0) is 24.2. The first-order valence-corrected chi connectivity index (χ1v) is 12.7. The highest BCUT2D eigenvalue weighted by Gasteiger charge is 2.51. The molecule has 0 saturated heterocycles. The van der Waals surface area contributed by atoms with Gasteiger partial charge in [0.15, 0.2) is 0 Å². The minimum Gasteiger partial charge on any atom is -0.347 e. The number of rotatable bonds is 5. The zero-order valence-corrected chi connectivity index (χ0v) is 20.4. The third-order valence-electron chi connectivity index (χ3n) is 8.27. The molecule has 4 fully saturated rings. The number of nitrogens with zero attached hydrogens (tertiary/aromatic N) is 2. The molecule has 0 spiro atoms. The number of carbonyl (C=O) groups is 1. The summed E-state index contributed by atoms with van der Waals surface area (Å²) in [7, 11) is 0. The number of carbonyl (C=O) groups excluding carboxylic acids is 1. The molecule has 2 aromatic carbocycles. The van der Waals surface area contributed by atoms with Gasteiger partial charge >= 0.3 is 0 Å². The second-order valence-corrected chi connectivity index (χ2v) is 11.1. The number of aromatic amines is 1. The van der Waals surface area contributed by atoms with Gasteiger partial charge in [-0.05, 0) is 112 Å². The lowest BCUT2D eigenvalue weighted by molar-refractivity contribution is -0.0167. The molecule has 4 aliphatic carbocycles. The number of hydrogen-bond donors (Lipinski definition) is 2. The van der Waals surface area contributed by atoms with Gasteiger partial charge in [0, 0.05) is 23.0 Å². The molecule has 1 aromatic heterocycles. The van der Waals surface area contributed by atoms with Crippen LogP contribution in [0.2, 0.25) is 0 Å². The van der Waals surface area contributed by atoms with E-state index < -0.39 is 0 Å². The van der Waals surface area contributed by atoms with Crippen molar-refractivity contribution in [3.63, 3.8) is 0 Å². The third-order valence-corrected chi connectivity index (χ3v) is 8.27. The van der Waals surface area contributed by atoms with Crippen LogP contribution in [0, 0.1) is 31.6 Å². The van der Waals surface area contributed by atoms with Gasteiger partial charge in [0.25, 0.3) is 11.5 Å². The number of aryl methyl sites for hydroxylation is 2. The Hall–Kier alpha value is -3.41. The van der Waals surface area contributed by atoms with Gasteiger partial charge in [-0.3, -0.25) is 19.7 Å². The fraction of sp³-hybridized carbons (Fsp3) is 0.414. The van der Waals surface area contributed by atoms with E-state index in [0.717, 1.165) is 54.0 Å². The molecule has 1 heterocycles. The van der Waals surface area contributed by atoms with E-state index in [2.05, 4.69) is 15.4 Å². The fourth-order valence-electron chi connectivity index (χ4n) is 7.08. The summed E-state index contributed by atoms with van der Waals surface area (Å²) in [5.41, 5.74) is 4.41. The summed E-state index contributed by atoms with van der Waals surface area (Å²) in [5.74, 6) is 2.41. The number of benzene rings is 2. The highest BCUT2D eigenvalue weighted by Crippen LogP contribution is 2.55. The number of aromatic nitrogens is 2. The van der Waals surface area contributed by atoms with E-state index in [1.807, 2.05) is 62.4 Å². The van der Waals surface area contributed by atoms with Gasteiger partial charge in [0.2, 0.25) is 0 Å². The Labute approximate surface area is 205 Å². The van der Waals surface area contributed by atoms with Gasteiger partial charge in [0.1, 0.15) is 0 Å². The molecular formula is C29H32N4O2. The second kappa shape index (κ2) is 8.36. The van der Waals surface area contributed by atoms with Crippen molar-refractivity contribution >= 4 is 17.8 Å². The maximum absolute atomic E-state index is 13.1. The molecule has 6 heteroatoms. The molecule has 0 atom stereocenters. The summed E-state index contributed by atoms with van der Waals surface area (Å²) in [6.07, 6.45) is 9.11. The van der Waals surface area contributed by atoms with Crippen LogP contribution in [-0.4, -0.2) is 27.4 Å². The Morgan fingerprint density at radius 1 is 1.03 bits per heavy atom. The van der Waals surface area contributed by atoms with Crippen molar-refractivity contribution in [1.29, 1.82) is 0 Å². The lowest BCUT2D eigenvalue weighted by Gasteiger charge is -2.56. The Morgan fingerprint density at radius 3 is 2.31 bits per heavy atom. The minimum atomic E-state index is -0.136. The fourth-order valence-corrected chi connectivity index (χ4v) is 7.08. The molecule has 35 heavy (non-hydrogen) atoms. The van der Waals surface area contributed by atoms with Crippen LogP contribution in [0.15, 0.2) is 58.3 Å². The van der Waals surface area contributed by atoms with Crippen LogP contribution in [0.25, 0.3) is 5.69 Å². The lowest BCUT2D eigenvalue weighted by atomic mass is 9.53. The molecule has 180 valence electrons. The van der Waals surface area contributed by atoms with Crippen molar-refractivity contribution in [3.05, 3.63) is 81.3 Å². The van der Waals surface area contributed by atoms with E-state index in [4.69, 9.17) is 0 Å². The van der Waals surface area contributed by atoms with Gasteiger partial charge in [-0.2, -0.15) is 0 Å². The average molecular weight is 469 g/mol. The van der Waals surface area contributed by atoms with Crippen molar-refractivity contribution in [2.24, 2.45) is 22.7 Å². The van der Waals surface area contributed by atoms with Crippen LogP contribution in [0.5, 0.6) is 0 Å². The summed E-state index contributed by atoms with van der Waals surface area (Å²) in [6, 6.07) is 15.1. The normalized spacial score (nSPS) is 27.0. The van der Waals surface area contributed by atoms with Crippen molar-refractivity contribution < 1.29 is 4.79 Å². The van der Waals surface area contributed by atoms with Crippen LogP contribution < -0.4 is 10.9 Å². The first-order chi connectivity index (χ1) is 16.9. The van der Waals surface area contributed by atoms with Gasteiger partial charge in [-0.1, -0.05) is 12.1 Å². The summed E-state index contributed by atoms with van der Waals surface area (Å²) < 4.78 is 1.54. The van der Waals surface area contributed by atoms with E-state index in [0.29, 0.717) is 16.8 Å². The molecular weight excluding hydrogens is 436 g/mol. The topological polar surface area (TPSA) is 79.2 Å². The molecule has 4 aliphatic rings. The lowest BCUT2D eigenvalue weighted by Crippen LogP contribution is -2.59.